The SMILES string of the molecule is CC(=O)Nc1nc(CCc2ccc(NC(OC(N)=O)(OC(=O)NC(C)(C)C)C(C)(C)C)cc2)c(C(=O)NCc2ccc(S(C)(=O)=O)cc2)s1. The molecule has 0 saturated heterocycles. The number of hydrogen-bond donors (Lipinski definition) is 5. The van der Waals surface area contributed by atoms with E-state index in [-0.39, 0.29) is 28.4 Å². The minimum atomic E-state index is -3.34. The van der Waals surface area contributed by atoms with Crippen LogP contribution in [0.5, 0.6) is 0 Å². The summed E-state index contributed by atoms with van der Waals surface area (Å²) >= 11 is 1.05. The fourth-order valence-electron chi connectivity index (χ4n) is 4.40. The number of aryl methyl sites for hydroxylation is 2. The first-order valence-electron chi connectivity index (χ1n) is 15.3. The second-order valence-electron chi connectivity index (χ2n) is 13.4. The minimum absolute atomic E-state index is 0.154. The zero-order valence-electron chi connectivity index (χ0n) is 28.8. The molecule has 3 aromatic rings. The van der Waals surface area contributed by atoms with Gasteiger partial charge in [-0.3, -0.25) is 9.59 Å². The predicted octanol–water partition coefficient (Wildman–Crippen LogP) is 4.95. The third-order valence-corrected chi connectivity index (χ3v) is 8.99. The number of thiazole rings is 1. The van der Waals surface area contributed by atoms with E-state index in [0.29, 0.717) is 34.7 Å². The van der Waals surface area contributed by atoms with Gasteiger partial charge in [-0.15, -0.1) is 0 Å². The lowest BCUT2D eigenvalue weighted by atomic mass is 9.90. The van der Waals surface area contributed by atoms with Crippen molar-refractivity contribution in [3.63, 3.8) is 0 Å². The minimum Gasteiger partial charge on any atom is -0.387 e. The van der Waals surface area contributed by atoms with Crippen molar-refractivity contribution in [3.05, 3.63) is 70.2 Å². The molecule has 14 nitrogen and oxygen atoms in total. The summed E-state index contributed by atoms with van der Waals surface area (Å²) in [5, 5.41) is 11.5. The van der Waals surface area contributed by atoms with E-state index in [1.807, 2.05) is 12.1 Å². The van der Waals surface area contributed by atoms with E-state index in [1.54, 1.807) is 65.8 Å². The number of nitrogens with zero attached hydrogens (tertiary/aromatic N) is 1. The van der Waals surface area contributed by atoms with Crippen LogP contribution in [0.1, 0.15) is 75.0 Å². The highest BCUT2D eigenvalue weighted by molar-refractivity contribution is 7.90. The quantitative estimate of drug-likeness (QED) is 0.159. The van der Waals surface area contributed by atoms with Gasteiger partial charge < -0.3 is 36.5 Å². The summed E-state index contributed by atoms with van der Waals surface area (Å²) in [5.41, 5.74) is 6.34. The molecule has 16 heteroatoms. The summed E-state index contributed by atoms with van der Waals surface area (Å²) in [6.45, 7) is 12.0. The molecule has 0 saturated carbocycles. The first-order valence-corrected chi connectivity index (χ1v) is 18.0. The molecule has 1 unspecified atom stereocenters. The second kappa shape index (κ2) is 15.2. The number of carbonyl (C=O) groups is 4. The molecular formula is C33H44N6O8S2. The summed E-state index contributed by atoms with van der Waals surface area (Å²) < 4.78 is 34.6. The van der Waals surface area contributed by atoms with E-state index >= 15 is 0 Å². The monoisotopic (exact) mass is 716 g/mol. The molecule has 6 N–H and O–H groups in total. The van der Waals surface area contributed by atoms with E-state index in [0.717, 1.165) is 23.2 Å². The molecule has 0 spiro atoms. The third kappa shape index (κ3) is 11.5. The topological polar surface area (TPSA) is 208 Å². The highest BCUT2D eigenvalue weighted by atomic mass is 32.2. The fraction of sp³-hybridized carbons (Fsp3) is 0.424. The van der Waals surface area contributed by atoms with Crippen LogP contribution in [0, 0.1) is 5.41 Å². The largest absolute Gasteiger partial charge is 0.412 e. The number of primary amides is 1. The van der Waals surface area contributed by atoms with E-state index in [4.69, 9.17) is 15.2 Å². The molecule has 0 radical (unpaired) electrons. The molecule has 0 fully saturated rings. The third-order valence-electron chi connectivity index (χ3n) is 6.85. The normalized spacial score (nSPS) is 13.1. The van der Waals surface area contributed by atoms with E-state index in [1.165, 1.54) is 19.1 Å². The van der Waals surface area contributed by atoms with Gasteiger partial charge in [0.15, 0.2) is 15.0 Å². The number of nitrogens with two attached hydrogens (primary N) is 1. The van der Waals surface area contributed by atoms with Crippen LogP contribution < -0.4 is 27.0 Å². The van der Waals surface area contributed by atoms with Crippen LogP contribution in [0.2, 0.25) is 0 Å². The Balaban J connectivity index is 1.77. The first kappa shape index (κ1) is 38.7. The van der Waals surface area contributed by atoms with Gasteiger partial charge in [0.25, 0.3) is 5.91 Å². The summed E-state index contributed by atoms with van der Waals surface area (Å²) in [4.78, 5) is 54.7. The van der Waals surface area contributed by atoms with Gasteiger partial charge in [-0.25, -0.2) is 23.0 Å². The molecule has 1 atom stereocenters. The molecule has 0 aliphatic carbocycles. The molecular weight excluding hydrogens is 673 g/mol. The lowest BCUT2D eigenvalue weighted by Crippen LogP contribution is -2.59. The van der Waals surface area contributed by atoms with E-state index < -0.39 is 38.9 Å². The Labute approximate surface area is 290 Å². The van der Waals surface area contributed by atoms with Gasteiger partial charge in [-0.1, -0.05) is 56.4 Å². The number of sulfone groups is 1. The average molecular weight is 717 g/mol. The van der Waals surface area contributed by atoms with E-state index in [9.17, 15) is 27.6 Å². The van der Waals surface area contributed by atoms with Crippen molar-refractivity contribution in [1.82, 2.24) is 15.6 Å². The van der Waals surface area contributed by atoms with Crippen LogP contribution in [0.3, 0.4) is 0 Å². The molecule has 0 aliphatic heterocycles. The number of aromatic nitrogens is 1. The summed E-state index contributed by atoms with van der Waals surface area (Å²) in [6, 6.07) is 13.3. The van der Waals surface area contributed by atoms with Gasteiger partial charge in [0.2, 0.25) is 5.91 Å². The highest BCUT2D eigenvalue weighted by Gasteiger charge is 2.50. The maximum Gasteiger partial charge on any atom is 0.412 e. The molecule has 2 aromatic carbocycles. The van der Waals surface area contributed by atoms with Gasteiger partial charge in [-0.05, 0) is 69.0 Å². The first-order chi connectivity index (χ1) is 22.6. The molecule has 49 heavy (non-hydrogen) atoms. The zero-order valence-corrected chi connectivity index (χ0v) is 30.5. The van der Waals surface area contributed by atoms with Crippen LogP contribution >= 0.6 is 11.3 Å². The summed E-state index contributed by atoms with van der Waals surface area (Å²) in [7, 11) is -3.34. The standard InChI is InChI=1S/C33H44N6O8S2/c1-20(40)36-29-37-25(26(48-29)27(41)35-19-22-11-16-24(17-12-22)49(8,44)45)18-13-21-9-14-23(15-10-21)38-33(31(2,3)4,46-28(34)42)47-30(43)39-32(5,6)7/h9-12,14-17,38H,13,18-19H2,1-8H3,(H2,34,42)(H,35,41)(H,39,43)(H,36,37,40). The van der Waals surface area contributed by atoms with Crippen LogP contribution in [-0.2, 0) is 43.5 Å². The molecule has 1 heterocycles. The van der Waals surface area contributed by atoms with Gasteiger partial charge >= 0.3 is 18.1 Å². The Kier molecular flexibility index (Phi) is 12.1. The summed E-state index contributed by atoms with van der Waals surface area (Å²) in [5.74, 6) is -2.68. The van der Waals surface area contributed by atoms with Crippen LogP contribution in [-0.4, -0.2) is 55.1 Å². The highest BCUT2D eigenvalue weighted by Crippen LogP contribution is 2.37. The Bertz CT molecular complexity index is 1780. The Morgan fingerprint density at radius 1 is 0.878 bits per heavy atom. The zero-order chi connectivity index (χ0) is 36.8. The predicted molar refractivity (Wildman–Crippen MR) is 187 cm³/mol. The lowest BCUT2D eigenvalue weighted by molar-refractivity contribution is -0.202. The molecule has 4 amide bonds. The number of hydrogen-bond acceptors (Lipinski definition) is 11. The Morgan fingerprint density at radius 3 is 1.98 bits per heavy atom. The molecule has 1 aromatic heterocycles. The molecule has 0 aliphatic rings. The maximum atomic E-state index is 13.2. The number of alkyl carbamates (subject to hydrolysis) is 1. The fourth-order valence-corrected chi connectivity index (χ4v) is 6.00. The molecule has 266 valence electrons. The number of ether oxygens (including phenoxy) is 2. The smallest absolute Gasteiger partial charge is 0.387 e. The van der Waals surface area contributed by atoms with Crippen LogP contribution in [0.25, 0.3) is 0 Å². The number of carbonyl (C=O) groups excluding carboxylic acids is 4. The van der Waals surface area contributed by atoms with Crippen molar-refractivity contribution in [2.24, 2.45) is 11.1 Å². The van der Waals surface area contributed by atoms with Gasteiger partial charge in [0.1, 0.15) is 4.88 Å². The Morgan fingerprint density at radius 2 is 1.47 bits per heavy atom. The van der Waals surface area contributed by atoms with E-state index in [2.05, 4.69) is 26.3 Å². The number of anilines is 2. The lowest BCUT2D eigenvalue weighted by Gasteiger charge is -2.42. The number of amides is 4. The van der Waals surface area contributed by atoms with Crippen molar-refractivity contribution in [2.45, 2.75) is 84.2 Å². The molecule has 0 bridgehead atoms. The van der Waals surface area contributed by atoms with Crippen molar-refractivity contribution < 1.29 is 37.1 Å². The molecule has 3 rings (SSSR count). The maximum absolute atomic E-state index is 13.2. The average Bonchev–Trinajstić information content (AvgIpc) is 3.35. The van der Waals surface area contributed by atoms with Crippen molar-refractivity contribution in [3.8, 4) is 0 Å². The van der Waals surface area contributed by atoms with Gasteiger partial charge in [0.05, 0.1) is 16.0 Å². The number of benzene rings is 2. The van der Waals surface area contributed by atoms with Crippen LogP contribution in [0.15, 0.2) is 53.4 Å². The number of nitrogens with one attached hydrogen (secondary N) is 4. The number of rotatable bonds is 12. The Hall–Kier alpha value is -4.70. The van der Waals surface area contributed by atoms with Gasteiger partial charge in [0, 0.05) is 31.0 Å². The van der Waals surface area contributed by atoms with Crippen molar-refractivity contribution in [1.29, 1.82) is 0 Å². The van der Waals surface area contributed by atoms with Crippen molar-refractivity contribution in [2.75, 3.05) is 16.9 Å². The van der Waals surface area contributed by atoms with Crippen molar-refractivity contribution >= 4 is 56.0 Å². The van der Waals surface area contributed by atoms with Gasteiger partial charge in [-0.2, -0.15) is 0 Å². The summed E-state index contributed by atoms with van der Waals surface area (Å²) in [6.07, 6.45) is -0.00289. The van der Waals surface area contributed by atoms with Crippen LogP contribution in [0.4, 0.5) is 20.4 Å². The second-order valence-corrected chi connectivity index (χ2v) is 16.5.